The van der Waals surface area contributed by atoms with E-state index in [1.807, 2.05) is 25.1 Å². The number of aryl methyl sites for hydroxylation is 1. The van der Waals surface area contributed by atoms with Crippen molar-refractivity contribution in [3.8, 4) is 0 Å². The number of rotatable bonds is 3. The summed E-state index contributed by atoms with van der Waals surface area (Å²) in [7, 11) is 0. The molecule has 20 heavy (non-hydrogen) atoms. The molecule has 0 saturated heterocycles. The van der Waals surface area contributed by atoms with Crippen molar-refractivity contribution in [2.24, 2.45) is 0 Å². The zero-order valence-corrected chi connectivity index (χ0v) is 10.8. The summed E-state index contributed by atoms with van der Waals surface area (Å²) in [6.07, 6.45) is 0. The fraction of sp³-hybridized carbons (Fsp3) is 0.143. The summed E-state index contributed by atoms with van der Waals surface area (Å²) in [4.78, 5) is 15.3. The van der Waals surface area contributed by atoms with Crippen LogP contribution in [0.4, 0.5) is 0 Å². The largest absolute Gasteiger partial charge is 0.478 e. The van der Waals surface area contributed by atoms with E-state index >= 15 is 0 Å². The van der Waals surface area contributed by atoms with Crippen LogP contribution in [-0.2, 0) is 6.54 Å². The van der Waals surface area contributed by atoms with Gasteiger partial charge in [-0.15, -0.1) is 5.10 Å². The van der Waals surface area contributed by atoms with Gasteiger partial charge in [-0.1, -0.05) is 11.3 Å². The number of carbonyl (C=O) groups is 1. The summed E-state index contributed by atoms with van der Waals surface area (Å²) < 4.78 is 1.71. The predicted octanol–water partition coefficient (Wildman–Crippen LogP) is 1.88. The molecule has 0 aliphatic rings. The fourth-order valence-electron chi connectivity index (χ4n) is 2.06. The fourth-order valence-corrected chi connectivity index (χ4v) is 2.06. The van der Waals surface area contributed by atoms with Crippen LogP contribution in [0.1, 0.15) is 21.7 Å². The molecule has 1 aromatic carbocycles. The lowest BCUT2D eigenvalue weighted by molar-refractivity contribution is 0.0697. The van der Waals surface area contributed by atoms with Gasteiger partial charge in [0.05, 0.1) is 23.3 Å². The molecular formula is C14H12N4O2. The van der Waals surface area contributed by atoms with Gasteiger partial charge in [0.25, 0.3) is 0 Å². The molecule has 6 nitrogen and oxygen atoms in total. The Bertz CT molecular complexity index is 795. The van der Waals surface area contributed by atoms with Gasteiger partial charge in [-0.25, -0.2) is 9.48 Å². The molecular weight excluding hydrogens is 256 g/mol. The first-order valence-electron chi connectivity index (χ1n) is 6.12. The Balaban J connectivity index is 1.98. The van der Waals surface area contributed by atoms with E-state index in [1.54, 1.807) is 16.8 Å². The Labute approximate surface area is 114 Å². The Morgan fingerprint density at radius 3 is 2.90 bits per heavy atom. The third kappa shape index (κ3) is 2.23. The summed E-state index contributed by atoms with van der Waals surface area (Å²) in [6, 6.07) is 10.6. The maximum atomic E-state index is 10.9. The molecule has 100 valence electrons. The molecule has 3 rings (SSSR count). The van der Waals surface area contributed by atoms with Gasteiger partial charge >= 0.3 is 5.97 Å². The number of carboxylic acid groups (broad SMARTS) is 1. The van der Waals surface area contributed by atoms with E-state index in [1.165, 1.54) is 6.07 Å². The molecule has 2 aromatic heterocycles. The minimum atomic E-state index is -0.971. The first kappa shape index (κ1) is 12.3. The predicted molar refractivity (Wildman–Crippen MR) is 72.6 cm³/mol. The van der Waals surface area contributed by atoms with Crippen molar-refractivity contribution in [1.82, 2.24) is 20.0 Å². The van der Waals surface area contributed by atoms with Crippen LogP contribution in [0.3, 0.4) is 0 Å². The number of pyridine rings is 1. The maximum Gasteiger partial charge on any atom is 0.335 e. The molecule has 0 aliphatic heterocycles. The second-order valence-electron chi connectivity index (χ2n) is 4.53. The summed E-state index contributed by atoms with van der Waals surface area (Å²) in [5.41, 5.74) is 3.40. The van der Waals surface area contributed by atoms with E-state index in [2.05, 4.69) is 15.3 Å². The Morgan fingerprint density at radius 1 is 1.30 bits per heavy atom. The number of hydrogen-bond acceptors (Lipinski definition) is 4. The van der Waals surface area contributed by atoms with Crippen LogP contribution in [0.5, 0.6) is 0 Å². The van der Waals surface area contributed by atoms with Crippen molar-refractivity contribution in [3.05, 3.63) is 53.3 Å². The molecule has 2 heterocycles. The van der Waals surface area contributed by atoms with Gasteiger partial charge in [0, 0.05) is 5.69 Å². The lowest BCUT2D eigenvalue weighted by Crippen LogP contribution is -2.04. The van der Waals surface area contributed by atoms with E-state index in [0.29, 0.717) is 12.1 Å². The van der Waals surface area contributed by atoms with Crippen molar-refractivity contribution in [2.45, 2.75) is 13.5 Å². The third-order valence-corrected chi connectivity index (χ3v) is 3.02. The van der Waals surface area contributed by atoms with Crippen LogP contribution in [0, 0.1) is 6.92 Å². The minimum absolute atomic E-state index is 0.207. The van der Waals surface area contributed by atoms with Gasteiger partial charge in [-0.05, 0) is 37.3 Å². The molecule has 0 atom stereocenters. The summed E-state index contributed by atoms with van der Waals surface area (Å²) in [5, 5.41) is 17.0. The van der Waals surface area contributed by atoms with Gasteiger partial charge in [-0.2, -0.15) is 0 Å². The molecule has 6 heteroatoms. The Morgan fingerprint density at radius 2 is 2.15 bits per heavy atom. The van der Waals surface area contributed by atoms with Crippen molar-refractivity contribution >= 4 is 17.0 Å². The highest BCUT2D eigenvalue weighted by atomic mass is 16.4. The molecule has 3 aromatic rings. The van der Waals surface area contributed by atoms with E-state index in [-0.39, 0.29) is 5.56 Å². The first-order chi connectivity index (χ1) is 9.63. The van der Waals surface area contributed by atoms with Crippen molar-refractivity contribution in [2.75, 3.05) is 0 Å². The number of hydrogen-bond donors (Lipinski definition) is 1. The molecule has 0 amide bonds. The third-order valence-electron chi connectivity index (χ3n) is 3.02. The number of nitrogens with zero attached hydrogens (tertiary/aromatic N) is 4. The maximum absolute atomic E-state index is 10.9. The lowest BCUT2D eigenvalue weighted by atomic mass is 10.2. The number of carboxylic acids is 1. The lowest BCUT2D eigenvalue weighted by Gasteiger charge is -2.03. The van der Waals surface area contributed by atoms with E-state index < -0.39 is 5.97 Å². The van der Waals surface area contributed by atoms with E-state index in [0.717, 1.165) is 16.9 Å². The SMILES string of the molecule is Cc1cccc(Cn2nnc3cc(C(=O)O)ccc32)n1. The normalized spacial score (nSPS) is 10.8. The first-order valence-corrected chi connectivity index (χ1v) is 6.12. The van der Waals surface area contributed by atoms with Crippen LogP contribution < -0.4 is 0 Å². The molecule has 0 unspecified atom stereocenters. The topological polar surface area (TPSA) is 80.9 Å². The van der Waals surface area contributed by atoms with Crippen LogP contribution in [-0.4, -0.2) is 31.1 Å². The Hall–Kier alpha value is -2.76. The standard InChI is InChI=1S/C14H12N4O2/c1-9-3-2-4-11(15-9)8-18-13-6-5-10(14(19)20)7-12(13)16-17-18/h2-7H,8H2,1H3,(H,19,20). The number of benzene rings is 1. The molecule has 0 spiro atoms. The molecule has 0 aliphatic carbocycles. The van der Waals surface area contributed by atoms with Crippen LogP contribution in [0.25, 0.3) is 11.0 Å². The van der Waals surface area contributed by atoms with Gasteiger partial charge in [0.2, 0.25) is 0 Å². The minimum Gasteiger partial charge on any atom is -0.478 e. The zero-order valence-electron chi connectivity index (χ0n) is 10.8. The number of aromatic carboxylic acids is 1. The monoisotopic (exact) mass is 268 g/mol. The number of aromatic nitrogens is 4. The van der Waals surface area contributed by atoms with E-state index in [9.17, 15) is 4.79 Å². The van der Waals surface area contributed by atoms with Crippen LogP contribution in [0.2, 0.25) is 0 Å². The quantitative estimate of drug-likeness (QED) is 0.784. The smallest absolute Gasteiger partial charge is 0.335 e. The van der Waals surface area contributed by atoms with E-state index in [4.69, 9.17) is 5.11 Å². The molecule has 0 bridgehead atoms. The summed E-state index contributed by atoms with van der Waals surface area (Å²) >= 11 is 0. The molecule has 0 saturated carbocycles. The van der Waals surface area contributed by atoms with Crippen molar-refractivity contribution in [1.29, 1.82) is 0 Å². The van der Waals surface area contributed by atoms with Gasteiger partial charge in [0.1, 0.15) is 5.52 Å². The van der Waals surface area contributed by atoms with Gasteiger partial charge < -0.3 is 5.11 Å². The highest BCUT2D eigenvalue weighted by Crippen LogP contribution is 2.14. The van der Waals surface area contributed by atoms with Gasteiger partial charge in [0.15, 0.2) is 0 Å². The average Bonchev–Trinajstić information content (AvgIpc) is 2.81. The second kappa shape index (κ2) is 4.73. The zero-order chi connectivity index (χ0) is 14.1. The molecule has 1 N–H and O–H groups in total. The number of fused-ring (bicyclic) bond motifs is 1. The molecule has 0 fully saturated rings. The van der Waals surface area contributed by atoms with Crippen molar-refractivity contribution < 1.29 is 9.90 Å². The second-order valence-corrected chi connectivity index (χ2v) is 4.53. The van der Waals surface area contributed by atoms with Crippen molar-refractivity contribution in [3.63, 3.8) is 0 Å². The highest BCUT2D eigenvalue weighted by Gasteiger charge is 2.09. The highest BCUT2D eigenvalue weighted by molar-refractivity contribution is 5.92. The summed E-state index contributed by atoms with van der Waals surface area (Å²) in [5.74, 6) is -0.971. The van der Waals surface area contributed by atoms with Crippen LogP contribution in [0.15, 0.2) is 36.4 Å². The van der Waals surface area contributed by atoms with Crippen LogP contribution >= 0.6 is 0 Å². The van der Waals surface area contributed by atoms with Gasteiger partial charge in [-0.3, -0.25) is 4.98 Å². The Kier molecular flexibility index (Phi) is 2.90. The average molecular weight is 268 g/mol. The summed E-state index contributed by atoms with van der Waals surface area (Å²) in [6.45, 7) is 2.44. The molecule has 0 radical (unpaired) electrons.